The number of carbonyl (C=O) groups is 2. The molecule has 1 aromatic rings. The van der Waals surface area contributed by atoms with E-state index in [1.807, 2.05) is 0 Å². The molecular formula is C11H15ClN4O2. The lowest BCUT2D eigenvalue weighted by Crippen LogP contribution is -2.38. The van der Waals surface area contributed by atoms with Crippen molar-refractivity contribution in [3.8, 4) is 0 Å². The zero-order chi connectivity index (χ0) is 13.7. The van der Waals surface area contributed by atoms with Crippen LogP contribution >= 0.6 is 11.6 Å². The number of nitrogens with one attached hydrogen (secondary N) is 1. The lowest BCUT2D eigenvalue weighted by molar-refractivity contribution is -0.121. The molecule has 0 saturated carbocycles. The average molecular weight is 271 g/mol. The molecular weight excluding hydrogens is 256 g/mol. The van der Waals surface area contributed by atoms with Crippen LogP contribution in [-0.2, 0) is 4.79 Å². The summed E-state index contributed by atoms with van der Waals surface area (Å²) in [6, 6.07) is 1.38. The summed E-state index contributed by atoms with van der Waals surface area (Å²) in [4.78, 5) is 28.4. The van der Waals surface area contributed by atoms with E-state index in [1.54, 1.807) is 6.92 Å². The molecule has 6 nitrogen and oxygen atoms in total. The molecule has 0 radical (unpaired) electrons. The molecule has 0 aliphatic rings. The highest BCUT2D eigenvalue weighted by molar-refractivity contribution is 6.29. The van der Waals surface area contributed by atoms with Gasteiger partial charge in [0.05, 0.1) is 24.0 Å². The molecule has 0 bridgehead atoms. The molecule has 1 heterocycles. The Labute approximate surface area is 110 Å². The average Bonchev–Trinajstić information content (AvgIpc) is 2.31. The van der Waals surface area contributed by atoms with Gasteiger partial charge in [-0.15, -0.1) is 0 Å². The third-order valence-electron chi connectivity index (χ3n) is 2.23. The summed E-state index contributed by atoms with van der Waals surface area (Å²) >= 11 is 5.70. The molecule has 18 heavy (non-hydrogen) atoms. The quantitative estimate of drug-likeness (QED) is 0.781. The van der Waals surface area contributed by atoms with Crippen LogP contribution in [0.15, 0.2) is 12.3 Å². The molecule has 1 aromatic heterocycles. The Morgan fingerprint density at radius 1 is 1.56 bits per heavy atom. The van der Waals surface area contributed by atoms with E-state index in [9.17, 15) is 9.59 Å². The predicted octanol–water partition coefficient (Wildman–Crippen LogP) is 0.525. The molecule has 1 rings (SSSR count). The molecule has 7 heteroatoms. The van der Waals surface area contributed by atoms with Gasteiger partial charge in [-0.05, 0) is 13.0 Å². The molecule has 3 N–H and O–H groups in total. The Morgan fingerprint density at radius 3 is 2.83 bits per heavy atom. The SMILES string of the molecule is CCNC(=O)CN(C)C(=O)c1cc(Cl)ncc1N. The second kappa shape index (κ2) is 6.20. The van der Waals surface area contributed by atoms with Gasteiger partial charge in [0.15, 0.2) is 0 Å². The van der Waals surface area contributed by atoms with Gasteiger partial charge in [0.25, 0.3) is 5.91 Å². The van der Waals surface area contributed by atoms with Crippen molar-refractivity contribution in [1.82, 2.24) is 15.2 Å². The first-order valence-electron chi connectivity index (χ1n) is 5.38. The van der Waals surface area contributed by atoms with Crippen LogP contribution in [-0.4, -0.2) is 41.8 Å². The highest BCUT2D eigenvalue weighted by Gasteiger charge is 2.17. The van der Waals surface area contributed by atoms with Crippen molar-refractivity contribution in [1.29, 1.82) is 0 Å². The van der Waals surface area contributed by atoms with Crippen LogP contribution in [0.4, 0.5) is 5.69 Å². The van der Waals surface area contributed by atoms with E-state index in [-0.39, 0.29) is 34.8 Å². The van der Waals surface area contributed by atoms with E-state index in [4.69, 9.17) is 17.3 Å². The van der Waals surface area contributed by atoms with Crippen LogP contribution in [0.5, 0.6) is 0 Å². The van der Waals surface area contributed by atoms with E-state index in [2.05, 4.69) is 10.3 Å². The molecule has 0 spiro atoms. The van der Waals surface area contributed by atoms with Crippen LogP contribution in [0.1, 0.15) is 17.3 Å². The fourth-order valence-corrected chi connectivity index (χ4v) is 1.53. The number of amides is 2. The summed E-state index contributed by atoms with van der Waals surface area (Å²) in [5.41, 5.74) is 6.12. The van der Waals surface area contributed by atoms with Crippen LogP contribution in [0.2, 0.25) is 5.15 Å². The number of likely N-dealkylation sites (N-methyl/N-ethyl adjacent to an activating group) is 2. The maximum absolute atomic E-state index is 12.0. The van der Waals surface area contributed by atoms with Crippen molar-refractivity contribution in [3.05, 3.63) is 23.0 Å². The number of nitrogens with two attached hydrogens (primary N) is 1. The summed E-state index contributed by atoms with van der Waals surface area (Å²) in [5, 5.41) is 2.79. The highest BCUT2D eigenvalue weighted by Crippen LogP contribution is 2.16. The molecule has 2 amide bonds. The van der Waals surface area contributed by atoms with E-state index in [0.717, 1.165) is 0 Å². The zero-order valence-corrected chi connectivity index (χ0v) is 11.0. The minimum absolute atomic E-state index is 0.0357. The van der Waals surface area contributed by atoms with Gasteiger partial charge in [0, 0.05) is 13.6 Å². The molecule has 98 valence electrons. The number of aromatic nitrogens is 1. The minimum Gasteiger partial charge on any atom is -0.397 e. The number of carbonyl (C=O) groups excluding carboxylic acids is 2. The van der Waals surface area contributed by atoms with E-state index < -0.39 is 0 Å². The van der Waals surface area contributed by atoms with Crippen LogP contribution in [0.25, 0.3) is 0 Å². The fraction of sp³-hybridized carbons (Fsp3) is 0.364. The molecule has 0 atom stereocenters. The van der Waals surface area contributed by atoms with Gasteiger partial charge in [-0.3, -0.25) is 9.59 Å². The number of hydrogen-bond acceptors (Lipinski definition) is 4. The monoisotopic (exact) mass is 270 g/mol. The van der Waals surface area contributed by atoms with Crippen LogP contribution < -0.4 is 11.1 Å². The standard InChI is InChI=1S/C11H15ClN4O2/c1-3-14-10(17)6-16(2)11(18)7-4-9(12)15-5-8(7)13/h4-5H,3,6,13H2,1-2H3,(H,14,17). The van der Waals surface area contributed by atoms with E-state index >= 15 is 0 Å². The van der Waals surface area contributed by atoms with Gasteiger partial charge in [-0.2, -0.15) is 0 Å². The lowest BCUT2D eigenvalue weighted by Gasteiger charge is -2.17. The van der Waals surface area contributed by atoms with Gasteiger partial charge >= 0.3 is 0 Å². The fourth-order valence-electron chi connectivity index (χ4n) is 1.37. The lowest BCUT2D eigenvalue weighted by atomic mass is 10.2. The zero-order valence-electron chi connectivity index (χ0n) is 10.2. The highest BCUT2D eigenvalue weighted by atomic mass is 35.5. The number of nitrogens with zero attached hydrogens (tertiary/aromatic N) is 2. The normalized spacial score (nSPS) is 9.94. The third kappa shape index (κ3) is 3.59. The Balaban J connectivity index is 2.80. The van der Waals surface area contributed by atoms with E-state index in [0.29, 0.717) is 6.54 Å². The van der Waals surface area contributed by atoms with Gasteiger partial charge in [0.2, 0.25) is 5.91 Å². The molecule has 0 aliphatic heterocycles. The van der Waals surface area contributed by atoms with Crippen LogP contribution in [0, 0.1) is 0 Å². The van der Waals surface area contributed by atoms with Crippen molar-refractivity contribution in [3.63, 3.8) is 0 Å². The Morgan fingerprint density at radius 2 is 2.22 bits per heavy atom. The first-order chi connectivity index (χ1) is 8.45. The first kappa shape index (κ1) is 14.2. The number of nitrogen functional groups attached to an aromatic ring is 1. The second-order valence-corrected chi connectivity index (χ2v) is 4.10. The topological polar surface area (TPSA) is 88.3 Å². The molecule has 0 unspecified atom stereocenters. The number of rotatable bonds is 4. The second-order valence-electron chi connectivity index (χ2n) is 3.71. The molecule has 0 saturated heterocycles. The van der Waals surface area contributed by atoms with Gasteiger partial charge in [0.1, 0.15) is 5.15 Å². The maximum atomic E-state index is 12.0. The summed E-state index contributed by atoms with van der Waals surface area (Å²) < 4.78 is 0. The van der Waals surface area contributed by atoms with Gasteiger partial charge in [-0.1, -0.05) is 11.6 Å². The van der Waals surface area contributed by atoms with Gasteiger partial charge in [-0.25, -0.2) is 4.98 Å². The van der Waals surface area contributed by atoms with Crippen molar-refractivity contribution in [2.75, 3.05) is 25.9 Å². The summed E-state index contributed by atoms with van der Waals surface area (Å²) in [6.07, 6.45) is 1.32. The van der Waals surface area contributed by atoms with Gasteiger partial charge < -0.3 is 16.0 Å². The summed E-state index contributed by atoms with van der Waals surface area (Å²) in [7, 11) is 1.52. The Hall–Kier alpha value is -1.82. The largest absolute Gasteiger partial charge is 0.397 e. The third-order valence-corrected chi connectivity index (χ3v) is 2.44. The maximum Gasteiger partial charge on any atom is 0.256 e. The smallest absolute Gasteiger partial charge is 0.256 e. The van der Waals surface area contributed by atoms with Crippen LogP contribution in [0.3, 0.4) is 0 Å². The summed E-state index contributed by atoms with van der Waals surface area (Å²) in [5.74, 6) is -0.602. The van der Waals surface area contributed by atoms with Crippen molar-refractivity contribution in [2.45, 2.75) is 6.92 Å². The molecule has 0 aliphatic carbocycles. The first-order valence-corrected chi connectivity index (χ1v) is 5.76. The number of pyridine rings is 1. The van der Waals surface area contributed by atoms with E-state index in [1.165, 1.54) is 24.2 Å². The predicted molar refractivity (Wildman–Crippen MR) is 69.3 cm³/mol. The number of hydrogen-bond donors (Lipinski definition) is 2. The minimum atomic E-state index is -0.372. The van der Waals surface area contributed by atoms with Crippen molar-refractivity contribution < 1.29 is 9.59 Å². The summed E-state index contributed by atoms with van der Waals surface area (Å²) in [6.45, 7) is 2.29. The Kier molecular flexibility index (Phi) is 4.91. The number of halogens is 1. The number of anilines is 1. The Bertz CT molecular complexity index is 464. The van der Waals surface area contributed by atoms with Crippen molar-refractivity contribution >= 4 is 29.1 Å². The molecule has 0 aromatic carbocycles. The molecule has 0 fully saturated rings. The van der Waals surface area contributed by atoms with Crippen molar-refractivity contribution in [2.24, 2.45) is 0 Å².